The summed E-state index contributed by atoms with van der Waals surface area (Å²) in [6.45, 7) is 1.90. The fraction of sp³-hybridized carbons (Fsp3) is 0.538. The Labute approximate surface area is 112 Å². The van der Waals surface area contributed by atoms with Crippen LogP contribution in [0.5, 0.6) is 0 Å². The summed E-state index contributed by atoms with van der Waals surface area (Å²) in [4.78, 5) is 8.85. The van der Waals surface area contributed by atoms with E-state index in [1.807, 2.05) is 16.8 Å². The molecule has 0 atom stereocenters. The zero-order valence-corrected chi connectivity index (χ0v) is 10.9. The standard InChI is InChI=1S/C13H18N6/c1(2-8-19-9-16-17-10-19)6-14-12-5-7-15-13(18-12)11-3-4-11/h5,7,9-11H,1-4,6,8H2,(H,14,15,18). The third-order valence-corrected chi connectivity index (χ3v) is 3.23. The van der Waals surface area contributed by atoms with Crippen molar-refractivity contribution >= 4 is 5.82 Å². The van der Waals surface area contributed by atoms with Gasteiger partial charge in [-0.2, -0.15) is 0 Å². The second-order valence-electron chi connectivity index (χ2n) is 4.91. The molecule has 0 unspecified atom stereocenters. The van der Waals surface area contributed by atoms with Crippen molar-refractivity contribution in [2.24, 2.45) is 0 Å². The van der Waals surface area contributed by atoms with Crippen molar-refractivity contribution in [3.05, 3.63) is 30.7 Å². The topological polar surface area (TPSA) is 68.5 Å². The summed E-state index contributed by atoms with van der Waals surface area (Å²) in [6.07, 6.45) is 10.0. The van der Waals surface area contributed by atoms with E-state index in [2.05, 4.69) is 25.5 Å². The first-order chi connectivity index (χ1) is 9.42. The summed E-state index contributed by atoms with van der Waals surface area (Å²) in [5.74, 6) is 2.55. The third kappa shape index (κ3) is 3.49. The molecule has 0 aromatic carbocycles. The number of unbranched alkanes of at least 4 members (excludes halogenated alkanes) is 1. The van der Waals surface area contributed by atoms with Crippen LogP contribution in [0.1, 0.15) is 37.4 Å². The Morgan fingerprint density at radius 2 is 2.05 bits per heavy atom. The number of nitrogens with zero attached hydrogens (tertiary/aromatic N) is 5. The van der Waals surface area contributed by atoms with Crippen LogP contribution in [0.15, 0.2) is 24.9 Å². The Morgan fingerprint density at radius 1 is 1.21 bits per heavy atom. The van der Waals surface area contributed by atoms with Gasteiger partial charge in [0.2, 0.25) is 0 Å². The number of hydrogen-bond acceptors (Lipinski definition) is 5. The van der Waals surface area contributed by atoms with E-state index in [1.165, 1.54) is 12.8 Å². The number of hydrogen-bond donors (Lipinski definition) is 1. The van der Waals surface area contributed by atoms with E-state index in [9.17, 15) is 0 Å². The minimum atomic E-state index is 0.607. The van der Waals surface area contributed by atoms with Gasteiger partial charge in [-0.05, 0) is 31.7 Å². The molecule has 1 N–H and O–H groups in total. The molecular weight excluding hydrogens is 240 g/mol. The smallest absolute Gasteiger partial charge is 0.133 e. The van der Waals surface area contributed by atoms with Gasteiger partial charge in [0.1, 0.15) is 24.3 Å². The molecule has 19 heavy (non-hydrogen) atoms. The van der Waals surface area contributed by atoms with Crippen molar-refractivity contribution in [1.82, 2.24) is 24.7 Å². The number of rotatable bonds is 7. The molecule has 0 radical (unpaired) electrons. The number of nitrogens with one attached hydrogen (secondary N) is 1. The fourth-order valence-electron chi connectivity index (χ4n) is 1.98. The van der Waals surface area contributed by atoms with E-state index in [0.717, 1.165) is 37.6 Å². The second kappa shape index (κ2) is 5.77. The quantitative estimate of drug-likeness (QED) is 0.767. The Bertz CT molecular complexity index is 506. The maximum Gasteiger partial charge on any atom is 0.133 e. The fourth-order valence-corrected chi connectivity index (χ4v) is 1.98. The van der Waals surface area contributed by atoms with Gasteiger partial charge in [0.05, 0.1) is 0 Å². The molecule has 100 valence electrons. The van der Waals surface area contributed by atoms with Crippen LogP contribution in [0.2, 0.25) is 0 Å². The van der Waals surface area contributed by atoms with E-state index < -0.39 is 0 Å². The lowest BCUT2D eigenvalue weighted by molar-refractivity contribution is 0.619. The van der Waals surface area contributed by atoms with Crippen molar-refractivity contribution in [2.45, 2.75) is 38.1 Å². The Hall–Kier alpha value is -1.98. The Morgan fingerprint density at radius 3 is 2.84 bits per heavy atom. The Balaban J connectivity index is 1.38. The maximum atomic E-state index is 4.53. The van der Waals surface area contributed by atoms with Crippen LogP contribution >= 0.6 is 0 Å². The molecular formula is C13H18N6. The lowest BCUT2D eigenvalue weighted by Crippen LogP contribution is -2.06. The molecule has 1 saturated carbocycles. The van der Waals surface area contributed by atoms with E-state index in [4.69, 9.17) is 0 Å². The van der Waals surface area contributed by atoms with Crippen molar-refractivity contribution in [3.8, 4) is 0 Å². The molecule has 6 nitrogen and oxygen atoms in total. The van der Waals surface area contributed by atoms with Gasteiger partial charge < -0.3 is 9.88 Å². The lowest BCUT2D eigenvalue weighted by atomic mass is 10.3. The minimum Gasteiger partial charge on any atom is -0.370 e. The summed E-state index contributed by atoms with van der Waals surface area (Å²) >= 11 is 0. The van der Waals surface area contributed by atoms with Crippen molar-refractivity contribution in [2.75, 3.05) is 11.9 Å². The zero-order chi connectivity index (χ0) is 12.9. The van der Waals surface area contributed by atoms with E-state index in [-0.39, 0.29) is 0 Å². The summed E-state index contributed by atoms with van der Waals surface area (Å²) in [7, 11) is 0. The monoisotopic (exact) mass is 258 g/mol. The van der Waals surface area contributed by atoms with Crippen LogP contribution in [-0.4, -0.2) is 31.3 Å². The largest absolute Gasteiger partial charge is 0.370 e. The Kier molecular flexibility index (Phi) is 3.67. The molecule has 1 aliphatic carbocycles. The SMILES string of the molecule is c1cc(NCCCCn2cnnc2)nc(C2CC2)n1. The van der Waals surface area contributed by atoms with Gasteiger partial charge in [-0.15, -0.1) is 10.2 Å². The van der Waals surface area contributed by atoms with Gasteiger partial charge in [0.25, 0.3) is 0 Å². The predicted octanol–water partition coefficient (Wildman–Crippen LogP) is 1.84. The maximum absolute atomic E-state index is 4.53. The molecule has 6 heteroatoms. The van der Waals surface area contributed by atoms with Gasteiger partial charge in [0, 0.05) is 25.2 Å². The lowest BCUT2D eigenvalue weighted by Gasteiger charge is -2.06. The van der Waals surface area contributed by atoms with Crippen LogP contribution < -0.4 is 5.32 Å². The van der Waals surface area contributed by atoms with Crippen molar-refractivity contribution in [1.29, 1.82) is 0 Å². The average Bonchev–Trinajstić information content (AvgIpc) is 3.17. The van der Waals surface area contributed by atoms with E-state index in [0.29, 0.717) is 5.92 Å². The summed E-state index contributed by atoms with van der Waals surface area (Å²) < 4.78 is 2.00. The molecule has 2 aromatic rings. The molecule has 3 rings (SSSR count). The molecule has 0 spiro atoms. The van der Waals surface area contributed by atoms with Crippen LogP contribution in [0, 0.1) is 0 Å². The number of aromatic nitrogens is 5. The molecule has 1 fully saturated rings. The van der Waals surface area contributed by atoms with Gasteiger partial charge in [-0.3, -0.25) is 0 Å². The van der Waals surface area contributed by atoms with E-state index in [1.54, 1.807) is 12.7 Å². The van der Waals surface area contributed by atoms with Crippen LogP contribution in [-0.2, 0) is 6.54 Å². The first-order valence-corrected chi connectivity index (χ1v) is 6.81. The summed E-state index contributed by atoms with van der Waals surface area (Å²) in [6, 6.07) is 1.94. The van der Waals surface area contributed by atoms with Gasteiger partial charge in [-0.1, -0.05) is 0 Å². The first kappa shape index (κ1) is 12.1. The molecule has 2 aromatic heterocycles. The van der Waals surface area contributed by atoms with Crippen molar-refractivity contribution in [3.63, 3.8) is 0 Å². The third-order valence-electron chi connectivity index (χ3n) is 3.23. The molecule has 1 aliphatic rings. The average molecular weight is 258 g/mol. The highest BCUT2D eigenvalue weighted by atomic mass is 15.2. The molecule has 0 saturated heterocycles. The van der Waals surface area contributed by atoms with Crippen LogP contribution in [0.3, 0.4) is 0 Å². The first-order valence-electron chi connectivity index (χ1n) is 6.81. The normalized spacial score (nSPS) is 14.5. The minimum absolute atomic E-state index is 0.607. The zero-order valence-electron chi connectivity index (χ0n) is 10.9. The molecule has 0 amide bonds. The van der Waals surface area contributed by atoms with Gasteiger partial charge >= 0.3 is 0 Å². The van der Waals surface area contributed by atoms with Crippen molar-refractivity contribution < 1.29 is 0 Å². The van der Waals surface area contributed by atoms with Gasteiger partial charge in [0.15, 0.2) is 0 Å². The van der Waals surface area contributed by atoms with Gasteiger partial charge in [-0.25, -0.2) is 9.97 Å². The van der Waals surface area contributed by atoms with Crippen LogP contribution in [0.4, 0.5) is 5.82 Å². The summed E-state index contributed by atoms with van der Waals surface area (Å²) in [5.41, 5.74) is 0. The highest BCUT2D eigenvalue weighted by molar-refractivity contribution is 5.33. The number of anilines is 1. The van der Waals surface area contributed by atoms with Crippen LogP contribution in [0.25, 0.3) is 0 Å². The molecule has 0 bridgehead atoms. The second-order valence-corrected chi connectivity index (χ2v) is 4.91. The predicted molar refractivity (Wildman–Crippen MR) is 71.8 cm³/mol. The highest BCUT2D eigenvalue weighted by Gasteiger charge is 2.26. The number of aryl methyl sites for hydroxylation is 1. The molecule has 0 aliphatic heterocycles. The highest BCUT2D eigenvalue weighted by Crippen LogP contribution is 2.37. The van der Waals surface area contributed by atoms with E-state index >= 15 is 0 Å². The summed E-state index contributed by atoms with van der Waals surface area (Å²) in [5, 5.41) is 10.9. The molecule has 2 heterocycles.